The Morgan fingerprint density at radius 1 is 1.27 bits per heavy atom. The van der Waals surface area contributed by atoms with Crippen molar-refractivity contribution < 1.29 is 9.15 Å². The summed E-state index contributed by atoms with van der Waals surface area (Å²) in [4.78, 5) is 7.11. The molecule has 0 saturated carbocycles. The molecule has 4 nitrogen and oxygen atoms in total. The molecule has 118 valence electrons. The number of methoxy groups -OCH3 is 1. The molecule has 1 aromatic heterocycles. The molecule has 2 heterocycles. The number of piperidine rings is 1. The predicted molar refractivity (Wildman–Crippen MR) is 86.7 cm³/mol. The van der Waals surface area contributed by atoms with E-state index in [0.29, 0.717) is 12.0 Å². The number of nitrogens with zero attached hydrogens (tertiary/aromatic N) is 2. The lowest BCUT2D eigenvalue weighted by atomic mass is 10.1. The first-order chi connectivity index (χ1) is 10.7. The molecule has 4 heteroatoms. The molecule has 0 N–H and O–H groups in total. The van der Waals surface area contributed by atoms with Gasteiger partial charge in [0.1, 0.15) is 5.76 Å². The second kappa shape index (κ2) is 6.63. The average molecular weight is 300 g/mol. The highest BCUT2D eigenvalue weighted by molar-refractivity contribution is 5.54. The first kappa shape index (κ1) is 15.3. The first-order valence-electron chi connectivity index (χ1n) is 7.94. The van der Waals surface area contributed by atoms with Gasteiger partial charge in [-0.05, 0) is 45.4 Å². The van der Waals surface area contributed by atoms with Crippen LogP contribution < -0.4 is 0 Å². The van der Waals surface area contributed by atoms with Crippen LogP contribution in [0.5, 0.6) is 0 Å². The van der Waals surface area contributed by atoms with Gasteiger partial charge >= 0.3 is 0 Å². The van der Waals surface area contributed by atoms with E-state index in [1.54, 1.807) is 7.11 Å². The number of aromatic nitrogens is 1. The Bertz CT molecular complexity index is 619. The van der Waals surface area contributed by atoms with Gasteiger partial charge in [0, 0.05) is 25.8 Å². The molecule has 3 rings (SSSR count). The van der Waals surface area contributed by atoms with Crippen LogP contribution in [0.15, 0.2) is 28.7 Å². The van der Waals surface area contributed by atoms with Crippen LogP contribution in [0.4, 0.5) is 0 Å². The van der Waals surface area contributed by atoms with E-state index < -0.39 is 0 Å². The van der Waals surface area contributed by atoms with Crippen molar-refractivity contribution in [2.24, 2.45) is 0 Å². The predicted octanol–water partition coefficient (Wildman–Crippen LogP) is 3.57. The highest BCUT2D eigenvalue weighted by Crippen LogP contribution is 2.24. The van der Waals surface area contributed by atoms with Crippen LogP contribution in [0.25, 0.3) is 11.5 Å². The Morgan fingerprint density at radius 3 is 2.77 bits per heavy atom. The smallest absolute Gasteiger partial charge is 0.226 e. The van der Waals surface area contributed by atoms with Crippen molar-refractivity contribution in [2.75, 3.05) is 20.2 Å². The molecular weight excluding hydrogens is 276 g/mol. The SMILES string of the molecule is CO[C@H]1CCCN(Cc2nc(-c3ccc(C)cc3)oc2C)C1. The highest BCUT2D eigenvalue weighted by Gasteiger charge is 2.21. The van der Waals surface area contributed by atoms with E-state index in [2.05, 4.69) is 36.1 Å². The Morgan fingerprint density at radius 2 is 2.05 bits per heavy atom. The third-order valence-corrected chi connectivity index (χ3v) is 4.36. The fraction of sp³-hybridized carbons (Fsp3) is 0.500. The third kappa shape index (κ3) is 3.39. The molecule has 1 aliphatic rings. The minimum Gasteiger partial charge on any atom is -0.441 e. The van der Waals surface area contributed by atoms with Crippen LogP contribution in [0.1, 0.15) is 29.9 Å². The summed E-state index contributed by atoms with van der Waals surface area (Å²) in [6, 6.07) is 8.29. The van der Waals surface area contributed by atoms with E-state index in [9.17, 15) is 0 Å². The maximum Gasteiger partial charge on any atom is 0.226 e. The minimum absolute atomic E-state index is 0.345. The van der Waals surface area contributed by atoms with E-state index in [0.717, 1.165) is 43.1 Å². The van der Waals surface area contributed by atoms with Crippen molar-refractivity contribution >= 4 is 0 Å². The molecule has 0 radical (unpaired) electrons. The molecule has 1 aliphatic heterocycles. The molecule has 1 atom stereocenters. The normalized spacial score (nSPS) is 19.5. The van der Waals surface area contributed by atoms with Gasteiger partial charge in [-0.2, -0.15) is 0 Å². The Labute approximate surface area is 132 Å². The van der Waals surface area contributed by atoms with E-state index in [-0.39, 0.29) is 0 Å². The number of hydrogen-bond donors (Lipinski definition) is 0. The van der Waals surface area contributed by atoms with Crippen LogP contribution in [0.3, 0.4) is 0 Å². The summed E-state index contributed by atoms with van der Waals surface area (Å²) in [6.45, 7) is 6.99. The van der Waals surface area contributed by atoms with Gasteiger partial charge in [0.2, 0.25) is 5.89 Å². The molecule has 2 aromatic rings. The lowest BCUT2D eigenvalue weighted by Crippen LogP contribution is -2.38. The minimum atomic E-state index is 0.345. The van der Waals surface area contributed by atoms with Gasteiger partial charge < -0.3 is 9.15 Å². The second-order valence-electron chi connectivity index (χ2n) is 6.12. The zero-order chi connectivity index (χ0) is 15.5. The van der Waals surface area contributed by atoms with Crippen molar-refractivity contribution in [3.8, 4) is 11.5 Å². The molecule has 0 aliphatic carbocycles. The van der Waals surface area contributed by atoms with Gasteiger partial charge in [-0.15, -0.1) is 0 Å². The molecular formula is C18H24N2O2. The molecule has 0 bridgehead atoms. The fourth-order valence-electron chi connectivity index (χ4n) is 2.96. The number of likely N-dealkylation sites (tertiary alicyclic amines) is 1. The summed E-state index contributed by atoms with van der Waals surface area (Å²) in [5, 5.41) is 0. The van der Waals surface area contributed by atoms with E-state index in [4.69, 9.17) is 14.1 Å². The lowest BCUT2D eigenvalue weighted by molar-refractivity contribution is 0.0280. The van der Waals surface area contributed by atoms with E-state index >= 15 is 0 Å². The van der Waals surface area contributed by atoms with E-state index in [1.165, 1.54) is 12.0 Å². The second-order valence-corrected chi connectivity index (χ2v) is 6.12. The number of rotatable bonds is 4. The Hall–Kier alpha value is -1.65. The molecule has 1 aromatic carbocycles. The third-order valence-electron chi connectivity index (χ3n) is 4.36. The van der Waals surface area contributed by atoms with Gasteiger partial charge in [-0.1, -0.05) is 17.7 Å². The van der Waals surface area contributed by atoms with Crippen molar-refractivity contribution in [1.29, 1.82) is 0 Å². The summed E-state index contributed by atoms with van der Waals surface area (Å²) in [7, 11) is 1.80. The van der Waals surface area contributed by atoms with Crippen molar-refractivity contribution in [1.82, 2.24) is 9.88 Å². The summed E-state index contributed by atoms with van der Waals surface area (Å²) >= 11 is 0. The van der Waals surface area contributed by atoms with Crippen LogP contribution in [-0.2, 0) is 11.3 Å². The largest absolute Gasteiger partial charge is 0.441 e. The molecule has 1 saturated heterocycles. The van der Waals surface area contributed by atoms with Gasteiger partial charge in [-0.25, -0.2) is 4.98 Å². The van der Waals surface area contributed by atoms with Gasteiger partial charge in [0.25, 0.3) is 0 Å². The summed E-state index contributed by atoms with van der Waals surface area (Å²) in [6.07, 6.45) is 2.68. The van der Waals surface area contributed by atoms with Crippen molar-refractivity contribution in [2.45, 2.75) is 39.3 Å². The number of oxazole rings is 1. The molecule has 1 fully saturated rings. The maximum atomic E-state index is 5.87. The van der Waals surface area contributed by atoms with Crippen LogP contribution in [0.2, 0.25) is 0 Å². The summed E-state index contributed by atoms with van der Waals surface area (Å²) in [5.41, 5.74) is 3.31. The van der Waals surface area contributed by atoms with Crippen LogP contribution >= 0.6 is 0 Å². The molecule has 0 unspecified atom stereocenters. The molecule has 0 spiro atoms. The number of benzene rings is 1. The monoisotopic (exact) mass is 300 g/mol. The topological polar surface area (TPSA) is 38.5 Å². The molecule has 22 heavy (non-hydrogen) atoms. The number of aryl methyl sites for hydroxylation is 2. The lowest BCUT2D eigenvalue weighted by Gasteiger charge is -2.31. The zero-order valence-corrected chi connectivity index (χ0v) is 13.6. The molecule has 0 amide bonds. The van der Waals surface area contributed by atoms with Crippen LogP contribution in [-0.4, -0.2) is 36.2 Å². The van der Waals surface area contributed by atoms with Crippen molar-refractivity contribution in [3.63, 3.8) is 0 Å². The van der Waals surface area contributed by atoms with Gasteiger partial charge in [0.15, 0.2) is 0 Å². The fourth-order valence-corrected chi connectivity index (χ4v) is 2.96. The summed E-state index contributed by atoms with van der Waals surface area (Å²) < 4.78 is 11.4. The number of hydrogen-bond acceptors (Lipinski definition) is 4. The first-order valence-corrected chi connectivity index (χ1v) is 7.94. The zero-order valence-electron chi connectivity index (χ0n) is 13.6. The quantitative estimate of drug-likeness (QED) is 0.865. The highest BCUT2D eigenvalue weighted by atomic mass is 16.5. The van der Waals surface area contributed by atoms with E-state index in [1.807, 2.05) is 6.92 Å². The van der Waals surface area contributed by atoms with Crippen LogP contribution in [0, 0.1) is 13.8 Å². The Balaban J connectivity index is 1.73. The van der Waals surface area contributed by atoms with Gasteiger partial charge in [-0.3, -0.25) is 4.90 Å². The van der Waals surface area contributed by atoms with Crippen molar-refractivity contribution in [3.05, 3.63) is 41.3 Å². The Kier molecular flexibility index (Phi) is 4.60. The average Bonchev–Trinajstić information content (AvgIpc) is 2.89. The maximum absolute atomic E-state index is 5.87. The van der Waals surface area contributed by atoms with Gasteiger partial charge in [0.05, 0.1) is 11.8 Å². The summed E-state index contributed by atoms with van der Waals surface area (Å²) in [5.74, 6) is 1.63. The number of ether oxygens (including phenoxy) is 1. The standard InChI is InChI=1S/C18H24N2O2/c1-13-6-8-15(9-7-13)18-19-17(14(2)22-18)12-20-10-4-5-16(11-20)21-3/h6-9,16H,4-5,10-12H2,1-3H3/t16-/m0/s1.